The Bertz CT molecular complexity index is 371. The highest BCUT2D eigenvalue weighted by molar-refractivity contribution is 8.12. The molecule has 1 aromatic carbocycles. The van der Waals surface area contributed by atoms with E-state index in [9.17, 15) is 10.1 Å². The van der Waals surface area contributed by atoms with E-state index < -0.39 is 11.4 Å². The van der Waals surface area contributed by atoms with Gasteiger partial charge in [0.25, 0.3) is 5.69 Å². The lowest BCUT2D eigenvalue weighted by Gasteiger charge is -2.05. The lowest BCUT2D eigenvalue weighted by atomic mass is 10.3. The third-order valence-corrected chi connectivity index (χ3v) is 3.00. The molecule has 0 radical (unpaired) electrons. The highest BCUT2D eigenvalue weighted by atomic mass is 32.5. The molecule has 1 rings (SSSR count). The molecule has 1 aromatic rings. The lowest BCUT2D eigenvalue weighted by molar-refractivity contribution is -0.384. The molecule has 0 aliphatic carbocycles. The van der Waals surface area contributed by atoms with E-state index in [1.807, 2.05) is 0 Å². The van der Waals surface area contributed by atoms with E-state index in [0.29, 0.717) is 0 Å². The van der Waals surface area contributed by atoms with Crippen LogP contribution in [0.25, 0.3) is 0 Å². The van der Waals surface area contributed by atoms with E-state index in [4.69, 9.17) is 9.79 Å². The van der Waals surface area contributed by atoms with Crippen molar-refractivity contribution in [2.45, 2.75) is 0 Å². The first-order valence-electron chi connectivity index (χ1n) is 3.22. The van der Waals surface area contributed by atoms with Crippen LogP contribution in [-0.4, -0.2) is 14.7 Å². The van der Waals surface area contributed by atoms with Crippen LogP contribution >= 0.6 is 6.49 Å². The van der Waals surface area contributed by atoms with Gasteiger partial charge in [-0.25, -0.2) is 0 Å². The molecule has 70 valence electrons. The van der Waals surface area contributed by atoms with Gasteiger partial charge in [0.05, 0.1) is 4.92 Å². The van der Waals surface area contributed by atoms with Crippen molar-refractivity contribution >= 4 is 29.3 Å². The number of hydrogen-bond donors (Lipinski definition) is 2. The second-order valence-electron chi connectivity index (χ2n) is 2.32. The van der Waals surface area contributed by atoms with Crippen molar-refractivity contribution in [3.63, 3.8) is 0 Å². The van der Waals surface area contributed by atoms with Crippen LogP contribution < -0.4 is 5.30 Å². The van der Waals surface area contributed by atoms with Crippen molar-refractivity contribution in [2.24, 2.45) is 0 Å². The maximum absolute atomic E-state index is 10.2. The van der Waals surface area contributed by atoms with Gasteiger partial charge in [0.15, 0.2) is 0 Å². The molecule has 0 saturated heterocycles. The zero-order valence-corrected chi connectivity index (χ0v) is 8.03. The highest BCUT2D eigenvalue weighted by Gasteiger charge is 2.13. The maximum Gasteiger partial charge on any atom is 0.269 e. The largest absolute Gasteiger partial charge is 0.342 e. The topological polar surface area (TPSA) is 83.6 Å². The van der Waals surface area contributed by atoms with Crippen molar-refractivity contribution in [1.82, 2.24) is 0 Å². The van der Waals surface area contributed by atoms with Gasteiger partial charge in [-0.05, 0) is 23.9 Å². The fourth-order valence-corrected chi connectivity index (χ4v) is 1.67. The molecule has 13 heavy (non-hydrogen) atoms. The van der Waals surface area contributed by atoms with Crippen LogP contribution in [0.1, 0.15) is 0 Å². The van der Waals surface area contributed by atoms with E-state index in [1.165, 1.54) is 24.3 Å². The summed E-state index contributed by atoms with van der Waals surface area (Å²) < 4.78 is 0. The molecule has 2 N–H and O–H groups in total. The number of nitro groups is 1. The molecule has 0 atom stereocenters. The van der Waals surface area contributed by atoms with Gasteiger partial charge in [0.2, 0.25) is 6.49 Å². The Morgan fingerprint density at radius 2 is 1.77 bits per heavy atom. The lowest BCUT2D eigenvalue weighted by Crippen LogP contribution is -2.02. The van der Waals surface area contributed by atoms with Crippen molar-refractivity contribution < 1.29 is 14.7 Å². The molecule has 0 saturated carbocycles. The van der Waals surface area contributed by atoms with Crippen molar-refractivity contribution in [2.75, 3.05) is 0 Å². The summed E-state index contributed by atoms with van der Waals surface area (Å²) in [4.78, 5) is 27.7. The molecule has 0 amide bonds. The summed E-state index contributed by atoms with van der Waals surface area (Å²) in [6.07, 6.45) is 0. The summed E-state index contributed by atoms with van der Waals surface area (Å²) >= 11 is 4.41. The van der Waals surface area contributed by atoms with Crippen LogP contribution in [0, 0.1) is 10.1 Å². The SMILES string of the molecule is O=[N+]([O-])c1ccc(P(O)(O)=S)cc1. The Labute approximate surface area is 79.0 Å². The summed E-state index contributed by atoms with van der Waals surface area (Å²) in [5, 5.41) is 10.4. The average molecular weight is 219 g/mol. The van der Waals surface area contributed by atoms with Crippen molar-refractivity contribution in [3.8, 4) is 0 Å². The number of benzene rings is 1. The summed E-state index contributed by atoms with van der Waals surface area (Å²) in [6, 6.07) is 4.86. The summed E-state index contributed by atoms with van der Waals surface area (Å²) in [7, 11) is 0. The molecule has 0 bridgehead atoms. The summed E-state index contributed by atoms with van der Waals surface area (Å²) in [5.74, 6) is 0. The quantitative estimate of drug-likeness (QED) is 0.430. The predicted octanol–water partition coefficient (Wildman–Crippen LogP) is 0.514. The first-order chi connectivity index (χ1) is 5.91. The van der Waals surface area contributed by atoms with Gasteiger partial charge >= 0.3 is 0 Å². The van der Waals surface area contributed by atoms with Gasteiger partial charge in [0.1, 0.15) is 0 Å². The second-order valence-corrected chi connectivity index (χ2v) is 5.45. The first kappa shape index (κ1) is 10.3. The molecule has 0 heterocycles. The average Bonchev–Trinajstić information content (AvgIpc) is 2.03. The maximum atomic E-state index is 10.2. The minimum Gasteiger partial charge on any atom is -0.342 e. The Balaban J connectivity index is 3.08. The van der Waals surface area contributed by atoms with E-state index >= 15 is 0 Å². The van der Waals surface area contributed by atoms with Crippen LogP contribution in [0.4, 0.5) is 5.69 Å². The van der Waals surface area contributed by atoms with Gasteiger partial charge in [-0.1, -0.05) is 0 Å². The third-order valence-electron chi connectivity index (χ3n) is 1.40. The Morgan fingerprint density at radius 1 is 1.31 bits per heavy atom. The fraction of sp³-hybridized carbons (Fsp3) is 0. The molecule has 0 aliphatic rings. The van der Waals surface area contributed by atoms with E-state index in [-0.39, 0.29) is 11.0 Å². The smallest absolute Gasteiger partial charge is 0.269 e. The number of nitro benzene ring substituents is 1. The molecule has 7 heteroatoms. The number of hydrogen-bond acceptors (Lipinski definition) is 3. The van der Waals surface area contributed by atoms with Crippen LogP contribution in [0.2, 0.25) is 0 Å². The number of nitrogens with zero attached hydrogens (tertiary/aromatic N) is 1. The monoisotopic (exact) mass is 219 g/mol. The van der Waals surface area contributed by atoms with Crippen LogP contribution in [0.5, 0.6) is 0 Å². The Hall–Kier alpha value is -0.810. The summed E-state index contributed by atoms with van der Waals surface area (Å²) in [6.45, 7) is -3.46. The van der Waals surface area contributed by atoms with Gasteiger partial charge in [0, 0.05) is 17.4 Å². The molecule has 0 unspecified atom stereocenters. The number of rotatable bonds is 2. The van der Waals surface area contributed by atoms with Crippen LogP contribution in [0.3, 0.4) is 0 Å². The second kappa shape index (κ2) is 3.51. The zero-order chi connectivity index (χ0) is 10.1. The van der Waals surface area contributed by atoms with Crippen LogP contribution in [-0.2, 0) is 11.8 Å². The van der Waals surface area contributed by atoms with E-state index in [1.54, 1.807) is 0 Å². The Kier molecular flexibility index (Phi) is 2.77. The van der Waals surface area contributed by atoms with Gasteiger partial charge in [-0.2, -0.15) is 0 Å². The van der Waals surface area contributed by atoms with E-state index in [2.05, 4.69) is 11.8 Å². The minimum absolute atomic E-state index is 0.104. The Morgan fingerprint density at radius 3 is 2.08 bits per heavy atom. The first-order valence-corrected chi connectivity index (χ1v) is 5.92. The number of non-ortho nitro benzene ring substituents is 1. The van der Waals surface area contributed by atoms with Gasteiger partial charge in [-0.15, -0.1) is 0 Å². The zero-order valence-electron chi connectivity index (χ0n) is 6.32. The van der Waals surface area contributed by atoms with Crippen molar-refractivity contribution in [1.29, 1.82) is 0 Å². The third kappa shape index (κ3) is 2.57. The molecular weight excluding hydrogens is 213 g/mol. The van der Waals surface area contributed by atoms with Gasteiger partial charge < -0.3 is 9.79 Å². The highest BCUT2D eigenvalue weighted by Crippen LogP contribution is 2.33. The molecule has 0 aliphatic heterocycles. The normalized spacial score (nSPS) is 11.2. The van der Waals surface area contributed by atoms with Crippen molar-refractivity contribution in [3.05, 3.63) is 34.4 Å². The molecule has 0 fully saturated rings. The summed E-state index contributed by atoms with van der Waals surface area (Å²) in [5.41, 5.74) is -0.104. The predicted molar refractivity (Wildman–Crippen MR) is 51.5 cm³/mol. The minimum atomic E-state index is -3.46. The standard InChI is InChI=1S/C6H6NO4PS/c8-7(9)5-1-3-6(4-2-5)12(10,11)13/h1-4H,(H2,10,11,13). The van der Waals surface area contributed by atoms with Crippen LogP contribution in [0.15, 0.2) is 24.3 Å². The molecular formula is C6H6NO4PS. The molecule has 0 aromatic heterocycles. The molecule has 5 nitrogen and oxygen atoms in total. The molecule has 0 spiro atoms. The van der Waals surface area contributed by atoms with E-state index in [0.717, 1.165) is 0 Å². The fourth-order valence-electron chi connectivity index (χ4n) is 0.769. The van der Waals surface area contributed by atoms with Gasteiger partial charge in [-0.3, -0.25) is 10.1 Å².